The quantitative estimate of drug-likeness (QED) is 0.820. The van der Waals surface area contributed by atoms with Crippen LogP contribution in [0.3, 0.4) is 0 Å². The van der Waals surface area contributed by atoms with Crippen LogP contribution in [0.25, 0.3) is 0 Å². The summed E-state index contributed by atoms with van der Waals surface area (Å²) in [5.41, 5.74) is -0.998. The van der Waals surface area contributed by atoms with Crippen molar-refractivity contribution in [1.82, 2.24) is 0 Å². The second kappa shape index (κ2) is 5.72. The topological polar surface area (TPSA) is 57.5 Å². The number of benzene rings is 2. The van der Waals surface area contributed by atoms with Crippen molar-refractivity contribution >= 4 is 5.97 Å². The summed E-state index contributed by atoms with van der Waals surface area (Å²) < 4.78 is 0. The first-order valence-electron chi connectivity index (χ1n) is 6.29. The number of aliphatic hydroxyl groups is 1. The number of aliphatic carboxylic acids is 1. The first-order valence-corrected chi connectivity index (χ1v) is 6.29. The average molecular weight is 268 g/mol. The molecule has 2 N–H and O–H groups in total. The van der Waals surface area contributed by atoms with Gasteiger partial charge in [0.25, 0.3) is 0 Å². The highest BCUT2D eigenvalue weighted by Gasteiger charge is 2.45. The summed E-state index contributed by atoms with van der Waals surface area (Å²) in [5, 5.41) is 20.4. The maximum atomic E-state index is 11.7. The smallest absolute Gasteiger partial charge is 0.341 e. The minimum absolute atomic E-state index is 0.334. The monoisotopic (exact) mass is 268 g/mol. The lowest BCUT2D eigenvalue weighted by atomic mass is 9.77. The van der Waals surface area contributed by atoms with E-state index in [4.69, 9.17) is 0 Å². The van der Waals surface area contributed by atoms with Crippen molar-refractivity contribution in [1.29, 1.82) is 0 Å². The van der Waals surface area contributed by atoms with Gasteiger partial charge in [-0.1, -0.05) is 66.7 Å². The maximum absolute atomic E-state index is 11.7. The van der Waals surface area contributed by atoms with Gasteiger partial charge in [-0.2, -0.15) is 0 Å². The highest BCUT2D eigenvalue weighted by atomic mass is 16.4. The van der Waals surface area contributed by atoms with Crippen molar-refractivity contribution in [2.24, 2.45) is 0 Å². The van der Waals surface area contributed by atoms with E-state index >= 15 is 0 Å². The van der Waals surface area contributed by atoms with Gasteiger partial charge in [0.15, 0.2) is 5.60 Å². The minimum Gasteiger partial charge on any atom is -0.479 e. The van der Waals surface area contributed by atoms with Crippen molar-refractivity contribution in [2.45, 2.75) is 11.5 Å². The van der Waals surface area contributed by atoms with Gasteiger partial charge in [-0.25, -0.2) is 4.79 Å². The fraction of sp³-hybridized carbons (Fsp3) is 0.118. The van der Waals surface area contributed by atoms with Crippen LogP contribution in [-0.4, -0.2) is 16.2 Å². The Morgan fingerprint density at radius 2 is 1.55 bits per heavy atom. The molecule has 2 atom stereocenters. The molecule has 2 rings (SSSR count). The molecule has 3 heteroatoms. The molecule has 2 aromatic rings. The van der Waals surface area contributed by atoms with E-state index in [0.717, 1.165) is 0 Å². The minimum atomic E-state index is -2.04. The summed E-state index contributed by atoms with van der Waals surface area (Å²) in [7, 11) is 0. The second-order valence-electron chi connectivity index (χ2n) is 4.56. The van der Waals surface area contributed by atoms with Crippen molar-refractivity contribution in [3.8, 4) is 0 Å². The van der Waals surface area contributed by atoms with Crippen molar-refractivity contribution in [2.75, 3.05) is 0 Å². The molecular weight excluding hydrogens is 252 g/mol. The maximum Gasteiger partial charge on any atom is 0.341 e. The highest BCUT2D eigenvalue weighted by molar-refractivity contribution is 5.81. The third-order valence-corrected chi connectivity index (χ3v) is 3.38. The SMILES string of the molecule is C=C[C@H](c1ccccc1)[C@@](O)(C(=O)O)c1ccccc1. The molecule has 0 aliphatic heterocycles. The molecule has 0 aromatic heterocycles. The zero-order valence-electron chi connectivity index (χ0n) is 10.9. The van der Waals surface area contributed by atoms with Crippen LogP contribution in [0.4, 0.5) is 0 Å². The number of carbonyl (C=O) groups is 1. The first kappa shape index (κ1) is 14.0. The third-order valence-electron chi connectivity index (χ3n) is 3.38. The van der Waals surface area contributed by atoms with Crippen LogP contribution in [0.5, 0.6) is 0 Å². The first-order chi connectivity index (χ1) is 9.60. The third kappa shape index (κ3) is 2.36. The predicted octanol–water partition coefficient (Wildman–Crippen LogP) is 2.93. The van der Waals surface area contributed by atoms with Crippen molar-refractivity contribution in [3.05, 3.63) is 84.4 Å². The molecule has 0 bridgehead atoms. The van der Waals surface area contributed by atoms with E-state index in [2.05, 4.69) is 6.58 Å². The summed E-state index contributed by atoms with van der Waals surface area (Å²) in [6, 6.07) is 17.4. The van der Waals surface area contributed by atoms with Crippen molar-refractivity contribution in [3.63, 3.8) is 0 Å². The zero-order valence-corrected chi connectivity index (χ0v) is 10.9. The van der Waals surface area contributed by atoms with E-state index in [9.17, 15) is 15.0 Å². The highest BCUT2D eigenvalue weighted by Crippen LogP contribution is 2.38. The molecule has 0 spiro atoms. The molecule has 0 heterocycles. The fourth-order valence-electron chi connectivity index (χ4n) is 2.34. The average Bonchev–Trinajstić information content (AvgIpc) is 2.49. The summed E-state index contributed by atoms with van der Waals surface area (Å²) in [6.07, 6.45) is 1.47. The number of hydrogen-bond acceptors (Lipinski definition) is 2. The van der Waals surface area contributed by atoms with Gasteiger partial charge in [-0.05, 0) is 11.1 Å². The Labute approximate surface area is 117 Å². The van der Waals surface area contributed by atoms with E-state index in [-0.39, 0.29) is 0 Å². The molecule has 0 saturated carbocycles. The summed E-state index contributed by atoms with van der Waals surface area (Å²) in [5.74, 6) is -2.03. The molecular formula is C17H16O3. The Morgan fingerprint density at radius 1 is 1.05 bits per heavy atom. The summed E-state index contributed by atoms with van der Waals surface area (Å²) in [6.45, 7) is 3.69. The van der Waals surface area contributed by atoms with Gasteiger partial charge in [-0.3, -0.25) is 0 Å². The zero-order chi connectivity index (χ0) is 14.6. The number of carboxylic acids is 1. The lowest BCUT2D eigenvalue weighted by Crippen LogP contribution is -2.41. The standard InChI is InChI=1S/C17H16O3/c1-2-15(13-9-5-3-6-10-13)17(20,16(18)19)14-11-7-4-8-12-14/h2-12,15,20H,1H2,(H,18,19)/t15-,17-/m1/s1. The Morgan fingerprint density at radius 3 is 2.00 bits per heavy atom. The Bertz CT molecular complexity index is 592. The van der Waals surface area contributed by atoms with Crippen LogP contribution in [0.2, 0.25) is 0 Å². The van der Waals surface area contributed by atoms with Gasteiger partial charge in [0, 0.05) is 5.92 Å². The van der Waals surface area contributed by atoms with E-state index < -0.39 is 17.5 Å². The molecule has 0 unspecified atom stereocenters. The van der Waals surface area contributed by atoms with Crippen LogP contribution in [-0.2, 0) is 10.4 Å². The van der Waals surface area contributed by atoms with Crippen LogP contribution < -0.4 is 0 Å². The molecule has 20 heavy (non-hydrogen) atoms. The number of carboxylic acid groups (broad SMARTS) is 1. The Kier molecular flexibility index (Phi) is 4.01. The summed E-state index contributed by atoms with van der Waals surface area (Å²) in [4.78, 5) is 11.7. The van der Waals surface area contributed by atoms with Gasteiger partial charge in [-0.15, -0.1) is 6.58 Å². The lowest BCUT2D eigenvalue weighted by molar-refractivity contribution is -0.161. The van der Waals surface area contributed by atoms with E-state index in [0.29, 0.717) is 11.1 Å². The van der Waals surface area contributed by atoms with Gasteiger partial charge in [0.05, 0.1) is 0 Å². The van der Waals surface area contributed by atoms with Gasteiger partial charge in [0.2, 0.25) is 0 Å². The van der Waals surface area contributed by atoms with Crippen LogP contribution in [0.1, 0.15) is 17.0 Å². The second-order valence-corrected chi connectivity index (χ2v) is 4.56. The number of rotatable bonds is 5. The molecule has 0 saturated heterocycles. The molecule has 0 aliphatic rings. The molecule has 0 radical (unpaired) electrons. The van der Waals surface area contributed by atoms with Crippen LogP contribution in [0, 0.1) is 0 Å². The van der Waals surface area contributed by atoms with Gasteiger partial charge >= 0.3 is 5.97 Å². The van der Waals surface area contributed by atoms with E-state index in [1.807, 2.05) is 6.07 Å². The fourth-order valence-corrected chi connectivity index (χ4v) is 2.34. The predicted molar refractivity (Wildman–Crippen MR) is 77.4 cm³/mol. The Hall–Kier alpha value is -2.39. The van der Waals surface area contributed by atoms with Crippen LogP contribution >= 0.6 is 0 Å². The summed E-state index contributed by atoms with van der Waals surface area (Å²) >= 11 is 0. The molecule has 0 fully saturated rings. The van der Waals surface area contributed by atoms with Crippen molar-refractivity contribution < 1.29 is 15.0 Å². The molecule has 0 amide bonds. The van der Waals surface area contributed by atoms with E-state index in [1.54, 1.807) is 54.6 Å². The Balaban J connectivity index is 2.58. The lowest BCUT2D eigenvalue weighted by Gasteiger charge is -2.31. The molecule has 3 nitrogen and oxygen atoms in total. The normalized spacial score (nSPS) is 15.1. The number of hydrogen-bond donors (Lipinski definition) is 2. The molecule has 2 aromatic carbocycles. The van der Waals surface area contributed by atoms with Crippen LogP contribution in [0.15, 0.2) is 73.3 Å². The van der Waals surface area contributed by atoms with E-state index in [1.165, 1.54) is 6.08 Å². The van der Waals surface area contributed by atoms with Gasteiger partial charge < -0.3 is 10.2 Å². The largest absolute Gasteiger partial charge is 0.479 e. The van der Waals surface area contributed by atoms with Gasteiger partial charge in [0.1, 0.15) is 0 Å². The molecule has 0 aliphatic carbocycles. The molecule has 102 valence electrons.